The third-order valence-electron chi connectivity index (χ3n) is 5.00. The zero-order valence-corrected chi connectivity index (χ0v) is 14.0. The van der Waals surface area contributed by atoms with Crippen LogP contribution in [0.2, 0.25) is 0 Å². The summed E-state index contributed by atoms with van der Waals surface area (Å²) in [6.07, 6.45) is 1.04. The molecule has 0 bridgehead atoms. The van der Waals surface area contributed by atoms with E-state index in [-0.39, 0.29) is 31.5 Å². The Morgan fingerprint density at radius 2 is 1.88 bits per heavy atom. The lowest BCUT2D eigenvalue weighted by atomic mass is 9.85. The highest BCUT2D eigenvalue weighted by atomic mass is 16.4. The molecule has 1 aliphatic heterocycles. The topological polar surface area (TPSA) is 95.7 Å². The summed E-state index contributed by atoms with van der Waals surface area (Å²) in [6, 6.07) is 10.4. The van der Waals surface area contributed by atoms with Crippen LogP contribution in [-0.4, -0.2) is 49.4 Å². The van der Waals surface area contributed by atoms with Crippen molar-refractivity contribution < 1.29 is 15.0 Å². The van der Waals surface area contributed by atoms with Crippen molar-refractivity contribution in [2.45, 2.75) is 31.4 Å². The predicted octanol–water partition coefficient (Wildman–Crippen LogP) is 1.98. The first-order chi connectivity index (χ1) is 11.9. The first-order valence-corrected chi connectivity index (χ1v) is 8.24. The minimum Gasteiger partial charge on any atom is -0.465 e. The maximum atomic E-state index is 12.5. The van der Waals surface area contributed by atoms with Crippen molar-refractivity contribution in [3.8, 4) is 11.3 Å². The van der Waals surface area contributed by atoms with Gasteiger partial charge in [0.25, 0.3) is 5.56 Å². The fourth-order valence-electron chi connectivity index (χ4n) is 3.23. The predicted molar refractivity (Wildman–Crippen MR) is 92.4 cm³/mol. The van der Waals surface area contributed by atoms with Gasteiger partial charge < -0.3 is 15.1 Å². The number of amides is 1. The van der Waals surface area contributed by atoms with E-state index in [0.717, 1.165) is 5.56 Å². The van der Waals surface area contributed by atoms with Gasteiger partial charge in [-0.1, -0.05) is 30.3 Å². The summed E-state index contributed by atoms with van der Waals surface area (Å²) in [5.74, 6) is 0. The Labute approximate surface area is 145 Å². The summed E-state index contributed by atoms with van der Waals surface area (Å²) in [5, 5.41) is 19.9. The number of rotatable bonds is 3. The van der Waals surface area contributed by atoms with E-state index in [1.54, 1.807) is 6.92 Å². The Morgan fingerprint density at radius 3 is 2.44 bits per heavy atom. The molecule has 0 aliphatic carbocycles. The summed E-state index contributed by atoms with van der Waals surface area (Å²) in [7, 11) is 0. The minimum absolute atomic E-state index is 0.240. The van der Waals surface area contributed by atoms with Crippen LogP contribution in [0.4, 0.5) is 4.79 Å². The molecule has 132 valence electrons. The van der Waals surface area contributed by atoms with Crippen LogP contribution in [-0.2, 0) is 0 Å². The van der Waals surface area contributed by atoms with Crippen LogP contribution in [0.15, 0.2) is 47.5 Å². The Bertz CT molecular complexity index is 811. The van der Waals surface area contributed by atoms with Gasteiger partial charge in [-0.2, -0.15) is 0 Å². The molecule has 1 saturated heterocycles. The molecular formula is C18H21N3O4. The van der Waals surface area contributed by atoms with Gasteiger partial charge in [0.15, 0.2) is 0 Å². The molecule has 1 unspecified atom stereocenters. The Balaban J connectivity index is 1.82. The SMILES string of the molecule is CC(n1cnc(-c2ccccc2)cc1=O)C1(O)CCN(C(=O)O)CC1. The van der Waals surface area contributed by atoms with E-state index in [1.165, 1.54) is 21.9 Å². The molecule has 2 N–H and O–H groups in total. The molecule has 3 rings (SSSR count). The number of carboxylic acid groups (broad SMARTS) is 1. The fourth-order valence-corrected chi connectivity index (χ4v) is 3.23. The minimum atomic E-state index is -1.13. The molecule has 25 heavy (non-hydrogen) atoms. The van der Waals surface area contributed by atoms with Crippen LogP contribution < -0.4 is 5.56 Å². The molecule has 0 radical (unpaired) electrons. The van der Waals surface area contributed by atoms with Gasteiger partial charge in [0.05, 0.1) is 23.7 Å². The van der Waals surface area contributed by atoms with Crippen molar-refractivity contribution in [2.75, 3.05) is 13.1 Å². The van der Waals surface area contributed by atoms with Crippen molar-refractivity contribution in [2.24, 2.45) is 0 Å². The summed E-state index contributed by atoms with van der Waals surface area (Å²) < 4.78 is 1.42. The maximum absolute atomic E-state index is 12.5. The van der Waals surface area contributed by atoms with Gasteiger partial charge in [0, 0.05) is 24.7 Å². The van der Waals surface area contributed by atoms with E-state index >= 15 is 0 Å². The number of nitrogens with zero attached hydrogens (tertiary/aromatic N) is 3. The van der Waals surface area contributed by atoms with E-state index in [9.17, 15) is 14.7 Å². The van der Waals surface area contributed by atoms with E-state index in [4.69, 9.17) is 5.11 Å². The van der Waals surface area contributed by atoms with Crippen LogP contribution in [0.5, 0.6) is 0 Å². The van der Waals surface area contributed by atoms with Crippen molar-refractivity contribution in [1.82, 2.24) is 14.5 Å². The van der Waals surface area contributed by atoms with Crippen molar-refractivity contribution >= 4 is 6.09 Å². The number of aliphatic hydroxyl groups is 1. The van der Waals surface area contributed by atoms with Crippen LogP contribution in [0.3, 0.4) is 0 Å². The number of likely N-dealkylation sites (tertiary alicyclic amines) is 1. The molecule has 0 saturated carbocycles. The van der Waals surface area contributed by atoms with Gasteiger partial charge in [0.2, 0.25) is 0 Å². The Hall–Kier alpha value is -2.67. The summed E-state index contributed by atoms with van der Waals surface area (Å²) in [5.41, 5.74) is 0.0659. The number of benzene rings is 1. The lowest BCUT2D eigenvalue weighted by molar-refractivity contribution is -0.0533. The first-order valence-electron chi connectivity index (χ1n) is 8.24. The molecular weight excluding hydrogens is 322 g/mol. The molecule has 0 spiro atoms. The lowest BCUT2D eigenvalue weighted by Gasteiger charge is -2.41. The Morgan fingerprint density at radius 1 is 1.24 bits per heavy atom. The number of carbonyl (C=O) groups is 1. The molecule has 1 amide bonds. The zero-order chi connectivity index (χ0) is 18.0. The number of aromatic nitrogens is 2. The van der Waals surface area contributed by atoms with Crippen molar-refractivity contribution in [3.63, 3.8) is 0 Å². The highest BCUT2D eigenvalue weighted by molar-refractivity contribution is 5.65. The molecule has 1 aromatic carbocycles. The highest BCUT2D eigenvalue weighted by Crippen LogP contribution is 2.32. The van der Waals surface area contributed by atoms with Crippen LogP contribution >= 0.6 is 0 Å². The quantitative estimate of drug-likeness (QED) is 0.888. The first kappa shape index (κ1) is 17.2. The van der Waals surface area contributed by atoms with Gasteiger partial charge in [-0.25, -0.2) is 9.78 Å². The molecule has 2 aromatic rings. The van der Waals surface area contributed by atoms with Gasteiger partial charge in [-0.05, 0) is 19.8 Å². The second-order valence-corrected chi connectivity index (χ2v) is 6.43. The Kier molecular flexibility index (Phi) is 4.59. The highest BCUT2D eigenvalue weighted by Gasteiger charge is 2.39. The summed E-state index contributed by atoms with van der Waals surface area (Å²) in [4.78, 5) is 29.2. The van der Waals surface area contributed by atoms with Crippen LogP contribution in [0.1, 0.15) is 25.8 Å². The number of piperidine rings is 1. The number of hydrogen-bond donors (Lipinski definition) is 2. The monoisotopic (exact) mass is 343 g/mol. The second kappa shape index (κ2) is 6.68. The van der Waals surface area contributed by atoms with Crippen LogP contribution in [0.25, 0.3) is 11.3 Å². The van der Waals surface area contributed by atoms with Gasteiger partial charge in [-0.15, -0.1) is 0 Å². The van der Waals surface area contributed by atoms with Crippen LogP contribution in [0, 0.1) is 0 Å². The lowest BCUT2D eigenvalue weighted by Crippen LogP contribution is -2.51. The molecule has 1 aromatic heterocycles. The molecule has 2 heterocycles. The molecule has 1 aliphatic rings. The third-order valence-corrected chi connectivity index (χ3v) is 5.00. The van der Waals surface area contributed by atoms with E-state index in [0.29, 0.717) is 5.69 Å². The van der Waals surface area contributed by atoms with Gasteiger partial charge in [0.1, 0.15) is 0 Å². The largest absolute Gasteiger partial charge is 0.465 e. The van der Waals surface area contributed by atoms with Crippen molar-refractivity contribution in [3.05, 3.63) is 53.1 Å². The molecule has 1 atom stereocenters. The smallest absolute Gasteiger partial charge is 0.407 e. The van der Waals surface area contributed by atoms with E-state index in [2.05, 4.69) is 4.98 Å². The summed E-state index contributed by atoms with van der Waals surface area (Å²) >= 11 is 0. The number of hydrogen-bond acceptors (Lipinski definition) is 4. The fraction of sp³-hybridized carbons (Fsp3) is 0.389. The van der Waals surface area contributed by atoms with Crippen molar-refractivity contribution in [1.29, 1.82) is 0 Å². The normalized spacial score (nSPS) is 17.9. The molecule has 7 heteroatoms. The maximum Gasteiger partial charge on any atom is 0.407 e. The zero-order valence-electron chi connectivity index (χ0n) is 14.0. The van der Waals surface area contributed by atoms with Gasteiger partial charge in [-0.3, -0.25) is 9.36 Å². The third kappa shape index (κ3) is 3.41. The standard InChI is InChI=1S/C18H21N3O4/c1-13(18(25)7-9-20(10-8-18)17(23)24)21-12-19-15(11-16(21)22)14-5-3-2-4-6-14/h2-6,11-13,25H,7-10H2,1H3,(H,23,24). The average Bonchev–Trinajstić information content (AvgIpc) is 2.62. The average molecular weight is 343 g/mol. The van der Waals surface area contributed by atoms with E-state index < -0.39 is 17.7 Å². The summed E-state index contributed by atoms with van der Waals surface area (Å²) in [6.45, 7) is 2.27. The van der Waals surface area contributed by atoms with E-state index in [1.807, 2.05) is 30.3 Å². The molecule has 7 nitrogen and oxygen atoms in total. The van der Waals surface area contributed by atoms with Gasteiger partial charge >= 0.3 is 6.09 Å². The second-order valence-electron chi connectivity index (χ2n) is 6.43. The molecule has 1 fully saturated rings.